The Balaban J connectivity index is 1.55. The average molecular weight is 400 g/mol. The van der Waals surface area contributed by atoms with Gasteiger partial charge in [-0.3, -0.25) is 9.59 Å². The van der Waals surface area contributed by atoms with E-state index in [-0.39, 0.29) is 23.7 Å². The SMILES string of the molecule is Cc1cc(C)cc(NC(=O)COc2coc(CSc3nncn3C)cc2=O)c1. The highest BCUT2D eigenvalue weighted by atomic mass is 32.2. The van der Waals surface area contributed by atoms with Gasteiger partial charge in [-0.1, -0.05) is 17.8 Å². The van der Waals surface area contributed by atoms with Gasteiger partial charge in [-0.2, -0.15) is 0 Å². The lowest BCUT2D eigenvalue weighted by atomic mass is 10.1. The van der Waals surface area contributed by atoms with Crippen LogP contribution >= 0.6 is 11.8 Å². The minimum Gasteiger partial charge on any atom is -0.477 e. The van der Waals surface area contributed by atoms with Crippen molar-refractivity contribution in [2.24, 2.45) is 7.05 Å². The molecule has 0 radical (unpaired) electrons. The number of rotatable bonds is 7. The molecule has 0 spiro atoms. The molecule has 2 aromatic heterocycles. The zero-order valence-electron chi connectivity index (χ0n) is 15.8. The van der Waals surface area contributed by atoms with Gasteiger partial charge < -0.3 is 19.0 Å². The molecule has 0 saturated heterocycles. The molecule has 3 rings (SSSR count). The molecular weight excluding hydrogens is 380 g/mol. The molecule has 1 aromatic carbocycles. The summed E-state index contributed by atoms with van der Waals surface area (Å²) in [7, 11) is 1.83. The molecule has 0 unspecified atom stereocenters. The van der Waals surface area contributed by atoms with Crippen LogP contribution in [-0.4, -0.2) is 27.3 Å². The van der Waals surface area contributed by atoms with Gasteiger partial charge in [-0.15, -0.1) is 10.2 Å². The van der Waals surface area contributed by atoms with Gasteiger partial charge in [0.2, 0.25) is 11.2 Å². The third kappa shape index (κ3) is 5.23. The van der Waals surface area contributed by atoms with Gasteiger partial charge in [0.05, 0.1) is 5.75 Å². The maximum atomic E-state index is 12.2. The van der Waals surface area contributed by atoms with E-state index < -0.39 is 0 Å². The van der Waals surface area contributed by atoms with Crippen molar-refractivity contribution in [1.29, 1.82) is 0 Å². The molecule has 0 aliphatic rings. The summed E-state index contributed by atoms with van der Waals surface area (Å²) >= 11 is 1.39. The van der Waals surface area contributed by atoms with Gasteiger partial charge in [-0.05, 0) is 37.1 Å². The molecule has 0 aliphatic heterocycles. The summed E-state index contributed by atoms with van der Waals surface area (Å²) < 4.78 is 12.5. The summed E-state index contributed by atoms with van der Waals surface area (Å²) in [6.07, 6.45) is 2.82. The number of benzene rings is 1. The number of nitrogens with zero attached hydrogens (tertiary/aromatic N) is 3. The lowest BCUT2D eigenvalue weighted by Gasteiger charge is -2.09. The molecule has 0 saturated carbocycles. The first kappa shape index (κ1) is 19.7. The van der Waals surface area contributed by atoms with E-state index in [2.05, 4.69) is 15.5 Å². The van der Waals surface area contributed by atoms with Crippen molar-refractivity contribution in [3.63, 3.8) is 0 Å². The topological polar surface area (TPSA) is 99.2 Å². The third-order valence-electron chi connectivity index (χ3n) is 3.73. The molecule has 1 amide bonds. The van der Waals surface area contributed by atoms with Crippen LogP contribution in [0, 0.1) is 13.8 Å². The monoisotopic (exact) mass is 400 g/mol. The maximum Gasteiger partial charge on any atom is 0.262 e. The zero-order valence-corrected chi connectivity index (χ0v) is 16.6. The Labute approximate surface area is 165 Å². The van der Waals surface area contributed by atoms with Crippen molar-refractivity contribution in [2.75, 3.05) is 11.9 Å². The number of nitrogens with one attached hydrogen (secondary N) is 1. The maximum absolute atomic E-state index is 12.2. The fourth-order valence-corrected chi connectivity index (χ4v) is 3.32. The van der Waals surface area contributed by atoms with Crippen LogP contribution in [0.5, 0.6) is 5.75 Å². The lowest BCUT2D eigenvalue weighted by Crippen LogP contribution is -2.22. The number of thioether (sulfide) groups is 1. The first-order valence-electron chi connectivity index (χ1n) is 8.50. The van der Waals surface area contributed by atoms with Crippen molar-refractivity contribution in [3.05, 3.63) is 64.0 Å². The molecule has 146 valence electrons. The number of carbonyl (C=O) groups excluding carboxylic acids is 1. The highest BCUT2D eigenvalue weighted by Gasteiger charge is 2.10. The standard InChI is InChI=1S/C19H20N4O4S/c1-12-4-13(2)6-14(5-12)21-18(25)9-27-17-8-26-15(7-16(17)24)10-28-19-22-20-11-23(19)3/h4-8,11H,9-10H2,1-3H3,(H,21,25). The van der Waals surface area contributed by atoms with E-state index in [1.54, 1.807) is 10.9 Å². The fourth-order valence-electron chi connectivity index (χ4n) is 2.55. The number of ether oxygens (including phenoxy) is 1. The first-order valence-corrected chi connectivity index (χ1v) is 9.49. The second-order valence-corrected chi connectivity index (χ2v) is 7.24. The number of hydrogen-bond donors (Lipinski definition) is 1. The van der Waals surface area contributed by atoms with Crippen molar-refractivity contribution in [3.8, 4) is 5.75 Å². The Morgan fingerprint density at radius 3 is 2.64 bits per heavy atom. The minimum atomic E-state index is -0.355. The predicted molar refractivity (Wildman–Crippen MR) is 106 cm³/mol. The van der Waals surface area contributed by atoms with E-state index in [1.807, 2.05) is 39.1 Å². The van der Waals surface area contributed by atoms with Gasteiger partial charge in [0.25, 0.3) is 5.91 Å². The van der Waals surface area contributed by atoms with Crippen LogP contribution in [0.2, 0.25) is 0 Å². The zero-order chi connectivity index (χ0) is 20.1. The molecule has 28 heavy (non-hydrogen) atoms. The second-order valence-electron chi connectivity index (χ2n) is 6.30. The van der Waals surface area contributed by atoms with Crippen LogP contribution < -0.4 is 15.5 Å². The highest BCUT2D eigenvalue weighted by molar-refractivity contribution is 7.98. The van der Waals surface area contributed by atoms with E-state index >= 15 is 0 Å². The second kappa shape index (κ2) is 8.75. The molecule has 0 bridgehead atoms. The summed E-state index contributed by atoms with van der Waals surface area (Å²) in [6.45, 7) is 3.62. The molecule has 0 atom stereocenters. The van der Waals surface area contributed by atoms with Gasteiger partial charge >= 0.3 is 0 Å². The Morgan fingerprint density at radius 2 is 2.00 bits per heavy atom. The summed E-state index contributed by atoms with van der Waals surface area (Å²) in [5.41, 5.74) is 2.44. The summed E-state index contributed by atoms with van der Waals surface area (Å²) in [6, 6.07) is 7.09. The summed E-state index contributed by atoms with van der Waals surface area (Å²) in [5, 5.41) is 11.2. The fraction of sp³-hybridized carbons (Fsp3) is 0.263. The van der Waals surface area contributed by atoms with E-state index in [9.17, 15) is 9.59 Å². The van der Waals surface area contributed by atoms with Crippen LogP contribution in [0.25, 0.3) is 0 Å². The van der Waals surface area contributed by atoms with E-state index in [0.717, 1.165) is 11.1 Å². The Bertz CT molecular complexity index is 1020. The Kier molecular flexibility index (Phi) is 6.15. The minimum absolute atomic E-state index is 0.0111. The quantitative estimate of drug-likeness (QED) is 0.609. The largest absolute Gasteiger partial charge is 0.477 e. The lowest BCUT2D eigenvalue weighted by molar-refractivity contribution is -0.118. The molecular formula is C19H20N4O4S. The highest BCUT2D eigenvalue weighted by Crippen LogP contribution is 2.20. The summed E-state index contributed by atoms with van der Waals surface area (Å²) in [5.74, 6) is 0.536. The third-order valence-corrected chi connectivity index (χ3v) is 4.79. The molecule has 0 aliphatic carbocycles. The van der Waals surface area contributed by atoms with Crippen LogP contribution in [0.4, 0.5) is 5.69 Å². The van der Waals surface area contributed by atoms with E-state index in [4.69, 9.17) is 9.15 Å². The van der Waals surface area contributed by atoms with Gasteiger partial charge in [0.15, 0.2) is 11.8 Å². The van der Waals surface area contributed by atoms with Gasteiger partial charge in [0, 0.05) is 18.8 Å². The Morgan fingerprint density at radius 1 is 1.25 bits per heavy atom. The number of hydrogen-bond acceptors (Lipinski definition) is 7. The van der Waals surface area contributed by atoms with Gasteiger partial charge in [-0.25, -0.2) is 0 Å². The van der Waals surface area contributed by atoms with Crippen molar-refractivity contribution in [1.82, 2.24) is 14.8 Å². The van der Waals surface area contributed by atoms with E-state index in [1.165, 1.54) is 24.1 Å². The predicted octanol–water partition coefficient (Wildman–Crippen LogP) is 2.69. The number of anilines is 1. The molecule has 1 N–H and O–H groups in total. The van der Waals surface area contributed by atoms with Crippen LogP contribution in [0.1, 0.15) is 16.9 Å². The molecule has 9 heteroatoms. The first-order chi connectivity index (χ1) is 13.4. The van der Waals surface area contributed by atoms with Crippen molar-refractivity contribution in [2.45, 2.75) is 24.8 Å². The molecule has 0 fully saturated rings. The number of carbonyl (C=O) groups is 1. The average Bonchev–Trinajstić information content (AvgIpc) is 3.03. The van der Waals surface area contributed by atoms with Crippen molar-refractivity contribution < 1.29 is 13.9 Å². The van der Waals surface area contributed by atoms with Crippen LogP contribution in [0.3, 0.4) is 0 Å². The molecule has 8 nitrogen and oxygen atoms in total. The van der Waals surface area contributed by atoms with Crippen LogP contribution in [0.15, 0.2) is 51.2 Å². The number of aromatic nitrogens is 3. The smallest absolute Gasteiger partial charge is 0.262 e. The molecule has 3 aromatic rings. The normalized spacial score (nSPS) is 10.7. The van der Waals surface area contributed by atoms with Crippen LogP contribution in [-0.2, 0) is 17.6 Å². The van der Waals surface area contributed by atoms with E-state index in [0.29, 0.717) is 22.4 Å². The Hall–Kier alpha value is -3.07. The summed E-state index contributed by atoms with van der Waals surface area (Å²) in [4.78, 5) is 24.2. The number of aryl methyl sites for hydroxylation is 3. The van der Waals surface area contributed by atoms with Crippen molar-refractivity contribution >= 4 is 23.4 Å². The molecule has 2 heterocycles. The number of amides is 1. The van der Waals surface area contributed by atoms with Gasteiger partial charge in [0.1, 0.15) is 18.4 Å².